The molecule has 0 bridgehead atoms. The number of hydrogen-bond acceptors (Lipinski definition) is 4. The lowest BCUT2D eigenvalue weighted by atomic mass is 9.89. The predicted octanol–water partition coefficient (Wildman–Crippen LogP) is 6.43. The monoisotopic (exact) mass is 384 g/mol. The van der Waals surface area contributed by atoms with Gasteiger partial charge >= 0.3 is 6.18 Å². The fourth-order valence-electron chi connectivity index (χ4n) is 2.80. The third kappa shape index (κ3) is 3.83. The number of nitrogens with zero attached hydrogens (tertiary/aromatic N) is 2. The molecule has 0 spiro atoms. The van der Waals surface area contributed by atoms with Crippen LogP contribution in [0, 0.1) is 6.92 Å². The lowest BCUT2D eigenvalue weighted by Gasteiger charge is -2.32. The summed E-state index contributed by atoms with van der Waals surface area (Å²) in [5.74, 6) is 0. The third-order valence-corrected chi connectivity index (χ3v) is 5.28. The van der Waals surface area contributed by atoms with Crippen LogP contribution in [0.2, 0.25) is 0 Å². The van der Waals surface area contributed by atoms with Crippen LogP contribution in [0.1, 0.15) is 44.7 Å². The summed E-state index contributed by atoms with van der Waals surface area (Å²) in [5, 5.41) is 2.59. The molecule has 3 nitrogen and oxygen atoms in total. The minimum absolute atomic E-state index is 0.0146. The van der Waals surface area contributed by atoms with Gasteiger partial charge in [-0.05, 0) is 32.8 Å². The molecule has 0 radical (unpaired) electrons. The van der Waals surface area contributed by atoms with E-state index in [0.717, 1.165) is 43.2 Å². The fourth-order valence-corrected chi connectivity index (χ4v) is 3.52. The number of rotatable bonds is 6. The quantitative estimate of drug-likeness (QED) is 0.538. The molecule has 0 N–H and O–H groups in total. The number of methoxy groups -OCH3 is 1. The molecule has 26 heavy (non-hydrogen) atoms. The van der Waals surface area contributed by atoms with Gasteiger partial charge in [0.15, 0.2) is 5.60 Å². The Kier molecular flexibility index (Phi) is 6.24. The average molecular weight is 384 g/mol. The van der Waals surface area contributed by atoms with Gasteiger partial charge in [-0.2, -0.15) is 13.2 Å². The molecule has 0 fully saturated rings. The molecular formula is C19H23F3N2OS. The molecule has 1 heterocycles. The summed E-state index contributed by atoms with van der Waals surface area (Å²) in [7, 11) is 1.07. The lowest BCUT2D eigenvalue weighted by molar-refractivity contribution is -0.268. The van der Waals surface area contributed by atoms with Crippen LogP contribution in [0.3, 0.4) is 0 Å². The van der Waals surface area contributed by atoms with Crippen LogP contribution in [0.4, 0.5) is 18.9 Å². The largest absolute Gasteiger partial charge is 0.421 e. The van der Waals surface area contributed by atoms with Crippen molar-refractivity contribution in [3.8, 4) is 10.6 Å². The second-order valence-electron chi connectivity index (χ2n) is 6.30. The Labute approximate surface area is 156 Å². The molecule has 0 amide bonds. The Bertz CT molecular complexity index is 785. The van der Waals surface area contributed by atoms with Crippen molar-refractivity contribution < 1.29 is 17.9 Å². The number of ether oxygens (including phenoxy) is 1. The van der Waals surface area contributed by atoms with Gasteiger partial charge in [-0.25, -0.2) is 4.98 Å². The number of aromatic nitrogens is 1. The Morgan fingerprint density at radius 2 is 2.00 bits per heavy atom. The first kappa shape index (κ1) is 20.6. The zero-order chi connectivity index (χ0) is 19.5. The highest BCUT2D eigenvalue weighted by atomic mass is 32.1. The van der Waals surface area contributed by atoms with Crippen molar-refractivity contribution in [3.05, 3.63) is 34.8 Å². The third-order valence-electron chi connectivity index (χ3n) is 4.47. The molecule has 1 atom stereocenters. The fraction of sp³-hybridized carbons (Fsp3) is 0.474. The highest BCUT2D eigenvalue weighted by Crippen LogP contribution is 2.47. The first-order valence-corrected chi connectivity index (χ1v) is 9.23. The van der Waals surface area contributed by atoms with Crippen LogP contribution in [0.15, 0.2) is 28.7 Å². The predicted molar refractivity (Wildman–Crippen MR) is 100 cm³/mol. The number of halogens is 3. The van der Waals surface area contributed by atoms with Gasteiger partial charge in [-0.1, -0.05) is 25.5 Å². The highest BCUT2D eigenvalue weighted by Gasteiger charge is 2.54. The lowest BCUT2D eigenvalue weighted by Crippen LogP contribution is -2.41. The zero-order valence-electron chi connectivity index (χ0n) is 15.6. The molecule has 142 valence electrons. The van der Waals surface area contributed by atoms with E-state index < -0.39 is 11.8 Å². The molecular weight excluding hydrogens is 361 g/mol. The minimum atomic E-state index is -4.57. The summed E-state index contributed by atoms with van der Waals surface area (Å²) in [5.41, 5.74) is 0.123. The highest BCUT2D eigenvalue weighted by molar-refractivity contribution is 7.13. The second kappa shape index (κ2) is 7.88. The van der Waals surface area contributed by atoms with E-state index >= 15 is 0 Å². The maximum absolute atomic E-state index is 13.8. The second-order valence-corrected chi connectivity index (χ2v) is 7.20. The van der Waals surface area contributed by atoms with E-state index in [1.807, 2.05) is 19.2 Å². The summed E-state index contributed by atoms with van der Waals surface area (Å²) in [6.07, 6.45) is -1.31. The molecule has 0 saturated heterocycles. The van der Waals surface area contributed by atoms with Crippen LogP contribution < -0.4 is 0 Å². The topological polar surface area (TPSA) is 34.5 Å². The van der Waals surface area contributed by atoms with E-state index in [9.17, 15) is 13.2 Å². The Morgan fingerprint density at radius 1 is 1.31 bits per heavy atom. The minimum Gasteiger partial charge on any atom is -0.364 e. The maximum Gasteiger partial charge on any atom is 0.421 e. The molecule has 0 aliphatic rings. The number of hydrogen-bond donors (Lipinski definition) is 0. The number of benzene rings is 1. The van der Waals surface area contributed by atoms with Crippen molar-refractivity contribution >= 4 is 22.7 Å². The van der Waals surface area contributed by atoms with E-state index in [-0.39, 0.29) is 5.56 Å². The van der Waals surface area contributed by atoms with Gasteiger partial charge in [-0.15, -0.1) is 11.3 Å². The first-order valence-electron chi connectivity index (χ1n) is 8.35. The SMILES string of the molecule is CCC/C(C)=N\c1c(C(C)(OC)C(F)(F)F)ccc(-c2nccs2)c1C. The van der Waals surface area contributed by atoms with Crippen LogP contribution >= 0.6 is 11.3 Å². The van der Waals surface area contributed by atoms with Gasteiger partial charge in [0, 0.05) is 35.5 Å². The summed E-state index contributed by atoms with van der Waals surface area (Å²) < 4.78 is 46.3. The van der Waals surface area contributed by atoms with Gasteiger partial charge in [0.1, 0.15) is 5.01 Å². The van der Waals surface area contributed by atoms with Crippen LogP contribution in [0.5, 0.6) is 0 Å². The first-order chi connectivity index (χ1) is 12.2. The van der Waals surface area contributed by atoms with Gasteiger partial charge in [0.25, 0.3) is 0 Å². The smallest absolute Gasteiger partial charge is 0.364 e. The van der Waals surface area contributed by atoms with Gasteiger partial charge in [0.2, 0.25) is 0 Å². The Morgan fingerprint density at radius 3 is 2.50 bits per heavy atom. The molecule has 0 aliphatic carbocycles. The molecule has 7 heteroatoms. The van der Waals surface area contributed by atoms with Gasteiger partial charge in [0.05, 0.1) is 5.69 Å². The van der Waals surface area contributed by atoms with Crippen LogP contribution in [0.25, 0.3) is 10.6 Å². The normalized spacial score (nSPS) is 15.2. The molecule has 0 saturated carbocycles. The van der Waals surface area contributed by atoms with Crippen molar-refractivity contribution in [2.24, 2.45) is 4.99 Å². The zero-order valence-corrected chi connectivity index (χ0v) is 16.4. The maximum atomic E-state index is 13.8. The summed E-state index contributed by atoms with van der Waals surface area (Å²) in [6.45, 7) is 6.66. The Hall–Kier alpha value is -1.73. The summed E-state index contributed by atoms with van der Waals surface area (Å²) in [4.78, 5) is 8.84. The summed E-state index contributed by atoms with van der Waals surface area (Å²) in [6, 6.07) is 3.12. The van der Waals surface area contributed by atoms with E-state index in [1.165, 1.54) is 17.4 Å². The van der Waals surface area contributed by atoms with E-state index in [4.69, 9.17) is 4.74 Å². The van der Waals surface area contributed by atoms with E-state index in [2.05, 4.69) is 9.98 Å². The van der Waals surface area contributed by atoms with Crippen LogP contribution in [-0.4, -0.2) is 24.0 Å². The molecule has 2 rings (SSSR count). The molecule has 1 unspecified atom stereocenters. The van der Waals surface area contributed by atoms with Crippen molar-refractivity contribution in [1.29, 1.82) is 0 Å². The molecule has 1 aromatic heterocycles. The van der Waals surface area contributed by atoms with Crippen LogP contribution in [-0.2, 0) is 10.3 Å². The number of alkyl halides is 3. The number of thiazole rings is 1. The number of aliphatic imine (C=N–C) groups is 1. The average Bonchev–Trinajstić information content (AvgIpc) is 3.09. The van der Waals surface area contributed by atoms with Crippen molar-refractivity contribution in [2.45, 2.75) is 52.3 Å². The molecule has 0 aliphatic heterocycles. The van der Waals surface area contributed by atoms with E-state index in [1.54, 1.807) is 19.2 Å². The van der Waals surface area contributed by atoms with Gasteiger partial charge < -0.3 is 4.74 Å². The van der Waals surface area contributed by atoms with Crippen molar-refractivity contribution in [3.63, 3.8) is 0 Å². The molecule has 2 aromatic rings. The molecule has 1 aromatic carbocycles. The van der Waals surface area contributed by atoms with Gasteiger partial charge in [-0.3, -0.25) is 4.99 Å². The van der Waals surface area contributed by atoms with Crippen molar-refractivity contribution in [2.75, 3.05) is 7.11 Å². The standard InChI is InChI=1S/C19H23F3N2OS/c1-6-7-12(2)24-16-13(3)14(17-23-10-11-26-17)8-9-15(16)18(4,25-5)19(20,21)22/h8-11H,6-7H2,1-5H3/b24-12-. The van der Waals surface area contributed by atoms with Crippen molar-refractivity contribution in [1.82, 2.24) is 4.98 Å². The summed E-state index contributed by atoms with van der Waals surface area (Å²) >= 11 is 1.44. The Balaban J connectivity index is 2.76. The van der Waals surface area contributed by atoms with E-state index in [0.29, 0.717) is 11.3 Å².